The van der Waals surface area contributed by atoms with E-state index in [1.54, 1.807) is 4.90 Å². The fourth-order valence-corrected chi connectivity index (χ4v) is 1.99. The Morgan fingerprint density at radius 2 is 2.22 bits per heavy atom. The number of hydrogen-bond acceptors (Lipinski definition) is 1. The van der Waals surface area contributed by atoms with E-state index >= 15 is 0 Å². The fraction of sp³-hybridized carbons (Fsp3) is 0.286. The normalized spacial score (nSPS) is 17.6. The van der Waals surface area contributed by atoms with Crippen LogP contribution in [-0.4, -0.2) is 34.4 Å². The summed E-state index contributed by atoms with van der Waals surface area (Å²) in [6, 6.07) is 9.58. The van der Waals surface area contributed by atoms with E-state index < -0.39 is 0 Å². The van der Waals surface area contributed by atoms with Crippen molar-refractivity contribution in [1.29, 1.82) is 0 Å². The Morgan fingerprint density at radius 3 is 2.94 bits per heavy atom. The molecule has 1 amide bonds. The number of hydrogen-bond donors (Lipinski definition) is 0. The first-order valence-corrected chi connectivity index (χ1v) is 5.86. The zero-order valence-corrected chi connectivity index (χ0v) is 9.91. The summed E-state index contributed by atoms with van der Waals surface area (Å²) in [4.78, 5) is 16.0. The lowest BCUT2D eigenvalue weighted by molar-refractivity contribution is -0.127. The Kier molecular flexibility index (Phi) is 3.90. The summed E-state index contributed by atoms with van der Waals surface area (Å²) < 4.78 is 0. The van der Waals surface area contributed by atoms with Gasteiger partial charge in [0.2, 0.25) is 0 Å². The smallest absolute Gasteiger partial charge is 0.344 e. The first kappa shape index (κ1) is 12.1. The Bertz CT molecular complexity index is 535. The molecular formula is C14H13N3O. The van der Waals surface area contributed by atoms with Gasteiger partial charge in [0.15, 0.2) is 0 Å². The maximum Gasteiger partial charge on any atom is 0.344 e. The molecule has 0 spiro atoms. The van der Waals surface area contributed by atoms with E-state index in [2.05, 4.69) is 16.6 Å². The standard InChI is InChI=1S/C14H13N3O/c15-16-11-14(18)17-10-4-7-13(17)9-8-12-5-2-1-3-6-12/h1-3,5-6,11,13H,4,7,10H2. The number of likely N-dealkylation sites (tertiary alicyclic amines) is 1. The third-order valence-corrected chi connectivity index (χ3v) is 2.86. The number of rotatable bonds is 1. The fourth-order valence-electron chi connectivity index (χ4n) is 1.99. The molecule has 4 heteroatoms. The molecule has 1 aromatic rings. The van der Waals surface area contributed by atoms with Gasteiger partial charge in [0, 0.05) is 12.1 Å². The van der Waals surface area contributed by atoms with E-state index in [1.165, 1.54) is 0 Å². The van der Waals surface area contributed by atoms with Gasteiger partial charge in [-0.1, -0.05) is 30.0 Å². The molecule has 0 saturated carbocycles. The van der Waals surface area contributed by atoms with Crippen LogP contribution >= 0.6 is 0 Å². The Hall–Kier alpha value is -2.37. The van der Waals surface area contributed by atoms with Gasteiger partial charge in [0.1, 0.15) is 0 Å². The summed E-state index contributed by atoms with van der Waals surface area (Å²) in [5, 5.41) is 0. The largest absolute Gasteiger partial charge is 0.361 e. The number of amides is 1. The number of nitrogens with zero attached hydrogens (tertiary/aromatic N) is 3. The molecule has 1 heterocycles. The second kappa shape index (κ2) is 5.81. The second-order valence-electron chi connectivity index (χ2n) is 4.07. The molecule has 0 aromatic heterocycles. The van der Waals surface area contributed by atoms with Crippen molar-refractivity contribution in [3.05, 3.63) is 41.4 Å². The van der Waals surface area contributed by atoms with Crippen molar-refractivity contribution in [2.75, 3.05) is 6.54 Å². The molecule has 1 aromatic carbocycles. The topological polar surface area (TPSA) is 56.7 Å². The zero-order valence-electron chi connectivity index (χ0n) is 9.91. The van der Waals surface area contributed by atoms with Gasteiger partial charge in [-0.05, 0) is 25.0 Å². The Labute approximate surface area is 106 Å². The molecule has 0 bridgehead atoms. The summed E-state index contributed by atoms with van der Waals surface area (Å²) in [7, 11) is 0. The van der Waals surface area contributed by atoms with Crippen LogP contribution in [0, 0.1) is 11.8 Å². The molecular weight excluding hydrogens is 226 g/mol. The summed E-state index contributed by atoms with van der Waals surface area (Å²) >= 11 is 0. The number of carbonyl (C=O) groups is 1. The van der Waals surface area contributed by atoms with E-state index in [1.807, 2.05) is 30.3 Å². The van der Waals surface area contributed by atoms with Crippen molar-refractivity contribution in [3.63, 3.8) is 0 Å². The Balaban J connectivity index is 2.11. The predicted octanol–water partition coefficient (Wildman–Crippen LogP) is 1.33. The summed E-state index contributed by atoms with van der Waals surface area (Å²) in [5.41, 5.74) is 9.31. The molecule has 0 radical (unpaired) electrons. The van der Waals surface area contributed by atoms with Crippen molar-refractivity contribution >= 4 is 12.1 Å². The lowest BCUT2D eigenvalue weighted by Crippen LogP contribution is -2.35. The van der Waals surface area contributed by atoms with Crippen LogP contribution in [0.3, 0.4) is 0 Å². The van der Waals surface area contributed by atoms with Crippen LogP contribution in [0.15, 0.2) is 30.3 Å². The van der Waals surface area contributed by atoms with Crippen LogP contribution in [-0.2, 0) is 4.79 Å². The van der Waals surface area contributed by atoms with E-state index in [0.29, 0.717) is 6.54 Å². The molecule has 1 unspecified atom stereocenters. The molecule has 1 fully saturated rings. The van der Waals surface area contributed by atoms with E-state index in [9.17, 15) is 4.79 Å². The van der Waals surface area contributed by atoms with Gasteiger partial charge >= 0.3 is 12.1 Å². The van der Waals surface area contributed by atoms with E-state index in [0.717, 1.165) is 24.6 Å². The third kappa shape index (κ3) is 2.85. The highest BCUT2D eigenvalue weighted by molar-refractivity contribution is 6.24. The van der Waals surface area contributed by atoms with Crippen LogP contribution in [0.5, 0.6) is 0 Å². The first-order chi connectivity index (χ1) is 8.81. The highest BCUT2D eigenvalue weighted by atomic mass is 16.2. The molecule has 1 aliphatic rings. The molecule has 18 heavy (non-hydrogen) atoms. The molecule has 4 nitrogen and oxygen atoms in total. The van der Waals surface area contributed by atoms with Crippen LogP contribution in [0.25, 0.3) is 5.53 Å². The van der Waals surface area contributed by atoms with Gasteiger partial charge in [-0.25, -0.2) is 0 Å². The molecule has 1 saturated heterocycles. The average Bonchev–Trinajstić information content (AvgIpc) is 2.86. The molecule has 1 aliphatic heterocycles. The minimum Gasteiger partial charge on any atom is -0.361 e. The highest BCUT2D eigenvalue weighted by Crippen LogP contribution is 2.16. The molecule has 0 aliphatic carbocycles. The van der Waals surface area contributed by atoms with Crippen LogP contribution < -0.4 is 0 Å². The lowest BCUT2D eigenvalue weighted by atomic mass is 10.2. The molecule has 0 N–H and O–H groups in total. The average molecular weight is 239 g/mol. The maximum absolute atomic E-state index is 11.6. The van der Waals surface area contributed by atoms with Gasteiger partial charge in [0.25, 0.3) is 0 Å². The number of carbonyl (C=O) groups excluding carboxylic acids is 1. The van der Waals surface area contributed by atoms with Crippen molar-refractivity contribution in [3.8, 4) is 11.8 Å². The van der Waals surface area contributed by atoms with Crippen LogP contribution in [0.1, 0.15) is 18.4 Å². The van der Waals surface area contributed by atoms with E-state index in [4.69, 9.17) is 5.53 Å². The molecule has 1 atom stereocenters. The first-order valence-electron chi connectivity index (χ1n) is 5.86. The van der Waals surface area contributed by atoms with Gasteiger partial charge < -0.3 is 10.4 Å². The highest BCUT2D eigenvalue weighted by Gasteiger charge is 2.28. The zero-order chi connectivity index (χ0) is 12.8. The number of benzene rings is 1. The molecule has 90 valence electrons. The minimum absolute atomic E-state index is 0.0873. The van der Waals surface area contributed by atoms with Crippen molar-refractivity contribution in [2.24, 2.45) is 0 Å². The maximum atomic E-state index is 11.6. The lowest BCUT2D eigenvalue weighted by Gasteiger charge is -2.16. The van der Waals surface area contributed by atoms with Gasteiger partial charge in [-0.15, -0.1) is 0 Å². The summed E-state index contributed by atoms with van der Waals surface area (Å²) in [6.45, 7) is 0.666. The Morgan fingerprint density at radius 1 is 1.44 bits per heavy atom. The van der Waals surface area contributed by atoms with Gasteiger partial charge in [0.05, 0.1) is 6.04 Å². The monoisotopic (exact) mass is 239 g/mol. The van der Waals surface area contributed by atoms with Gasteiger partial charge in [-0.3, -0.25) is 4.79 Å². The quantitative estimate of drug-likeness (QED) is 0.316. The van der Waals surface area contributed by atoms with Gasteiger partial charge in [-0.2, -0.15) is 4.79 Å². The van der Waals surface area contributed by atoms with Crippen LogP contribution in [0.4, 0.5) is 0 Å². The second-order valence-corrected chi connectivity index (χ2v) is 4.07. The van der Waals surface area contributed by atoms with Crippen molar-refractivity contribution < 1.29 is 9.58 Å². The van der Waals surface area contributed by atoms with E-state index in [-0.39, 0.29) is 11.9 Å². The summed E-state index contributed by atoms with van der Waals surface area (Å²) in [6.07, 6.45) is 2.71. The van der Waals surface area contributed by atoms with Crippen molar-refractivity contribution in [1.82, 2.24) is 4.90 Å². The molecule has 2 rings (SSSR count). The van der Waals surface area contributed by atoms with Crippen LogP contribution in [0.2, 0.25) is 0 Å². The summed E-state index contributed by atoms with van der Waals surface area (Å²) in [5.74, 6) is 5.87. The minimum atomic E-state index is -0.289. The third-order valence-electron chi connectivity index (χ3n) is 2.86. The van der Waals surface area contributed by atoms with Crippen molar-refractivity contribution in [2.45, 2.75) is 18.9 Å². The SMILES string of the molecule is [N-]=[N+]=CC(=O)N1CCCC1C#Cc1ccccc1. The predicted molar refractivity (Wildman–Crippen MR) is 67.7 cm³/mol.